The van der Waals surface area contributed by atoms with Crippen molar-refractivity contribution in [1.29, 1.82) is 0 Å². The van der Waals surface area contributed by atoms with Crippen LogP contribution in [0.3, 0.4) is 0 Å². The van der Waals surface area contributed by atoms with Crippen molar-refractivity contribution >= 4 is 35.8 Å². The number of halogens is 1. The average Bonchev–Trinajstić information content (AvgIpc) is 2.25. The summed E-state index contributed by atoms with van der Waals surface area (Å²) in [6.45, 7) is 0. The first kappa shape index (κ1) is 15.3. The molecule has 0 amide bonds. The summed E-state index contributed by atoms with van der Waals surface area (Å²) >= 11 is 3.93. The van der Waals surface area contributed by atoms with Crippen LogP contribution in [0.25, 0.3) is 0 Å². The third-order valence-electron chi connectivity index (χ3n) is 3.31. The molecule has 1 rings (SSSR count). The van der Waals surface area contributed by atoms with Gasteiger partial charge in [-0.05, 0) is 0 Å². The molecule has 1 nitrogen and oxygen atoms in total. The topological polar surface area (TPSA) is 17.1 Å². The number of hydrogen-bond acceptors (Lipinski definition) is 1. The third-order valence-corrected chi connectivity index (χ3v) is 10.3. The molecule has 0 bridgehead atoms. The molecule has 0 aromatic heterocycles. The second kappa shape index (κ2) is 6.98. The predicted octanol–water partition coefficient (Wildman–Crippen LogP) is 4.34. The van der Waals surface area contributed by atoms with Gasteiger partial charge in [0.1, 0.15) is 0 Å². The molecule has 0 aromatic rings. The van der Waals surface area contributed by atoms with Crippen LogP contribution in [0, 0.1) is 5.92 Å². The van der Waals surface area contributed by atoms with Crippen molar-refractivity contribution < 1.29 is 4.79 Å². The van der Waals surface area contributed by atoms with Crippen LogP contribution in [-0.2, 0) is 4.79 Å². The number of carbonyl (C=O) groups is 1. The Morgan fingerprint density at radius 3 is 2.71 bits per heavy atom. The van der Waals surface area contributed by atoms with E-state index in [4.69, 9.17) is 11.6 Å². The monoisotopic (exact) mass is 362 g/mol. The van der Waals surface area contributed by atoms with Gasteiger partial charge in [0.15, 0.2) is 0 Å². The van der Waals surface area contributed by atoms with E-state index in [0.29, 0.717) is 5.92 Å². The number of rotatable bonds is 5. The molecule has 1 aliphatic carbocycles. The molecule has 0 aromatic carbocycles. The van der Waals surface area contributed by atoms with E-state index in [1.807, 2.05) is 0 Å². The maximum absolute atomic E-state index is 11.1. The molecule has 0 aliphatic heterocycles. The summed E-state index contributed by atoms with van der Waals surface area (Å²) in [7, 11) is 0. The fraction of sp³-hybridized carbons (Fsp3) is 0.643. The molecule has 0 radical (unpaired) electrons. The van der Waals surface area contributed by atoms with Crippen molar-refractivity contribution in [2.75, 3.05) is 5.88 Å². The average molecular weight is 362 g/mol. The quantitative estimate of drug-likeness (QED) is 0.526. The standard InChI is InChI=1S/C11H14ClO.3CH3.Sn/c12-9-3-1-2-4-10-5-7-11(13)8-6-10;;;;/h2,5,7,10H,3-4,6,8-9H2;3*1H3;. The Bertz CT molecular complexity index is 326. The van der Waals surface area contributed by atoms with Gasteiger partial charge in [0.2, 0.25) is 0 Å². The van der Waals surface area contributed by atoms with Crippen molar-refractivity contribution in [3.8, 4) is 0 Å². The van der Waals surface area contributed by atoms with Crippen molar-refractivity contribution in [3.05, 3.63) is 21.8 Å². The van der Waals surface area contributed by atoms with Gasteiger partial charge in [-0.1, -0.05) is 0 Å². The number of alkyl halides is 1. The van der Waals surface area contributed by atoms with Gasteiger partial charge in [0.25, 0.3) is 0 Å². The molecular formula is C14H23ClOSn. The molecule has 17 heavy (non-hydrogen) atoms. The Morgan fingerprint density at radius 2 is 2.24 bits per heavy atom. The molecule has 96 valence electrons. The minimum atomic E-state index is -1.95. The van der Waals surface area contributed by atoms with E-state index in [-0.39, 0.29) is 5.78 Å². The summed E-state index contributed by atoms with van der Waals surface area (Å²) in [6, 6.07) is 0. The van der Waals surface area contributed by atoms with Crippen molar-refractivity contribution in [1.82, 2.24) is 0 Å². The summed E-state index contributed by atoms with van der Waals surface area (Å²) in [5.74, 6) is 1.58. The van der Waals surface area contributed by atoms with Gasteiger partial charge in [-0.15, -0.1) is 0 Å². The van der Waals surface area contributed by atoms with Gasteiger partial charge in [-0.2, -0.15) is 0 Å². The van der Waals surface area contributed by atoms with Crippen LogP contribution in [0.2, 0.25) is 14.8 Å². The second-order valence-corrected chi connectivity index (χ2v) is 20.8. The van der Waals surface area contributed by atoms with E-state index < -0.39 is 18.4 Å². The zero-order chi connectivity index (χ0) is 12.9. The summed E-state index contributed by atoms with van der Waals surface area (Å²) in [6.07, 6.45) is 10.1. The van der Waals surface area contributed by atoms with Crippen LogP contribution in [0.15, 0.2) is 21.8 Å². The fourth-order valence-corrected chi connectivity index (χ4v) is 7.36. The molecule has 0 spiro atoms. The van der Waals surface area contributed by atoms with Crippen LogP contribution in [0.1, 0.15) is 25.7 Å². The Balaban J connectivity index is 2.60. The number of ketones is 1. The minimum absolute atomic E-state index is 0.279. The summed E-state index contributed by atoms with van der Waals surface area (Å²) in [5.41, 5.74) is 0. The molecule has 0 saturated carbocycles. The normalized spacial score (nSPS) is 22.0. The summed E-state index contributed by atoms with van der Waals surface area (Å²) in [5, 5.41) is 0. The van der Waals surface area contributed by atoms with Crippen molar-refractivity contribution in [3.63, 3.8) is 0 Å². The molecule has 1 atom stereocenters. The third kappa shape index (κ3) is 5.60. The molecule has 0 fully saturated rings. The molecule has 3 heteroatoms. The van der Waals surface area contributed by atoms with Crippen LogP contribution in [0.5, 0.6) is 0 Å². The van der Waals surface area contributed by atoms with Gasteiger partial charge in [-0.3, -0.25) is 0 Å². The SMILES string of the molecule is [CH3][Sn]([CH3])([CH3])/[C](=C\CC1C=CC(=O)CC1)CCCl. The zero-order valence-corrected chi connectivity index (χ0v) is 14.7. The Hall–Kier alpha value is 0.239. The Kier molecular flexibility index (Phi) is 6.28. The van der Waals surface area contributed by atoms with E-state index >= 15 is 0 Å². The van der Waals surface area contributed by atoms with Crippen molar-refractivity contribution in [2.45, 2.75) is 40.5 Å². The zero-order valence-electron chi connectivity index (χ0n) is 11.1. The van der Waals surface area contributed by atoms with Crippen LogP contribution in [0.4, 0.5) is 0 Å². The molecule has 1 unspecified atom stereocenters. The Labute approximate surface area is 114 Å². The van der Waals surface area contributed by atoms with Crippen LogP contribution >= 0.6 is 11.6 Å². The van der Waals surface area contributed by atoms with Crippen molar-refractivity contribution in [2.24, 2.45) is 5.92 Å². The van der Waals surface area contributed by atoms with Crippen LogP contribution in [-0.4, -0.2) is 30.0 Å². The second-order valence-electron chi connectivity index (χ2n) is 5.78. The summed E-state index contributed by atoms with van der Waals surface area (Å²) in [4.78, 5) is 18.4. The molecule has 0 heterocycles. The molecule has 0 saturated heterocycles. The maximum atomic E-state index is 11.1. The van der Waals surface area contributed by atoms with Crippen LogP contribution < -0.4 is 0 Å². The predicted molar refractivity (Wildman–Crippen MR) is 78.3 cm³/mol. The van der Waals surface area contributed by atoms with E-state index in [9.17, 15) is 4.79 Å². The number of carbonyl (C=O) groups excluding carboxylic acids is 1. The van der Waals surface area contributed by atoms with E-state index in [0.717, 1.165) is 31.6 Å². The molecule has 1 aliphatic rings. The fourth-order valence-electron chi connectivity index (χ4n) is 2.13. The van der Waals surface area contributed by atoms with E-state index in [2.05, 4.69) is 27.0 Å². The summed E-state index contributed by atoms with van der Waals surface area (Å²) < 4.78 is 1.64. The van der Waals surface area contributed by atoms with Gasteiger partial charge in [0.05, 0.1) is 0 Å². The van der Waals surface area contributed by atoms with Gasteiger partial charge < -0.3 is 0 Å². The first-order valence-electron chi connectivity index (χ1n) is 6.40. The van der Waals surface area contributed by atoms with E-state index in [1.165, 1.54) is 0 Å². The first-order chi connectivity index (χ1) is 7.93. The molecular weight excluding hydrogens is 338 g/mol. The first-order valence-corrected chi connectivity index (χ1v) is 16.9. The Morgan fingerprint density at radius 1 is 1.53 bits per heavy atom. The van der Waals surface area contributed by atoms with Gasteiger partial charge in [0, 0.05) is 0 Å². The van der Waals surface area contributed by atoms with Gasteiger partial charge >= 0.3 is 115 Å². The molecule has 0 N–H and O–H groups in total. The number of allylic oxidation sites excluding steroid dienone is 4. The van der Waals surface area contributed by atoms with E-state index in [1.54, 1.807) is 9.67 Å². The van der Waals surface area contributed by atoms with Gasteiger partial charge in [-0.25, -0.2) is 0 Å². The number of hydrogen-bond donors (Lipinski definition) is 0.